The van der Waals surface area contributed by atoms with Crippen molar-refractivity contribution in [2.24, 2.45) is 0 Å². The Labute approximate surface area is 158 Å². The Bertz CT molecular complexity index is 918. The van der Waals surface area contributed by atoms with Crippen molar-refractivity contribution in [1.82, 2.24) is 25.3 Å². The zero-order valence-electron chi connectivity index (χ0n) is 15.7. The van der Waals surface area contributed by atoms with E-state index in [1.54, 1.807) is 4.68 Å². The molecule has 2 heterocycles. The lowest BCUT2D eigenvalue weighted by Gasteiger charge is -2.11. The van der Waals surface area contributed by atoms with Gasteiger partial charge in [-0.05, 0) is 50.6 Å². The monoisotopic (exact) mass is 365 g/mol. The summed E-state index contributed by atoms with van der Waals surface area (Å²) in [5, 5.41) is 21.3. The fraction of sp³-hybridized carbons (Fsp3) is 0.263. The van der Waals surface area contributed by atoms with Gasteiger partial charge in [0.25, 0.3) is 0 Å². The highest BCUT2D eigenvalue weighted by molar-refractivity contribution is 5.90. The number of hydrogen-bond donors (Lipinski definition) is 3. The number of anilines is 2. The maximum absolute atomic E-state index is 12.0. The number of hydrogen-bond acceptors (Lipinski definition) is 5. The zero-order chi connectivity index (χ0) is 19.2. The third kappa shape index (κ3) is 5.04. The highest BCUT2D eigenvalue weighted by Gasteiger charge is 2.05. The van der Waals surface area contributed by atoms with Crippen LogP contribution in [-0.2, 0) is 0 Å². The molecule has 0 saturated carbocycles. The van der Waals surface area contributed by atoms with Crippen molar-refractivity contribution in [3.63, 3.8) is 0 Å². The molecule has 8 nitrogen and oxygen atoms in total. The molecule has 0 radical (unpaired) electrons. The van der Waals surface area contributed by atoms with E-state index in [1.807, 2.05) is 63.4 Å². The third-order valence-corrected chi connectivity index (χ3v) is 3.95. The van der Waals surface area contributed by atoms with Crippen LogP contribution in [-0.4, -0.2) is 39.1 Å². The largest absolute Gasteiger partial charge is 0.367 e. The minimum absolute atomic E-state index is 0.237. The maximum Gasteiger partial charge on any atom is 0.319 e. The molecule has 0 saturated heterocycles. The number of urea groups is 1. The molecule has 1 aromatic carbocycles. The summed E-state index contributed by atoms with van der Waals surface area (Å²) in [7, 11) is 0. The highest BCUT2D eigenvalue weighted by atomic mass is 16.2. The molecule has 3 N–H and O–H groups in total. The molecule has 0 aliphatic rings. The van der Waals surface area contributed by atoms with Crippen molar-refractivity contribution in [2.75, 3.05) is 23.7 Å². The molecule has 3 rings (SSSR count). The molecule has 0 aliphatic carbocycles. The average molecular weight is 365 g/mol. The van der Waals surface area contributed by atoms with Crippen LogP contribution in [0, 0.1) is 20.8 Å². The summed E-state index contributed by atoms with van der Waals surface area (Å²) < 4.78 is 1.67. The number of nitrogens with zero attached hydrogens (tertiary/aromatic N) is 4. The fourth-order valence-electron chi connectivity index (χ4n) is 2.57. The molecule has 140 valence electrons. The predicted molar refractivity (Wildman–Crippen MR) is 105 cm³/mol. The highest BCUT2D eigenvalue weighted by Crippen LogP contribution is 2.15. The van der Waals surface area contributed by atoms with Gasteiger partial charge in [0.05, 0.1) is 5.69 Å². The van der Waals surface area contributed by atoms with E-state index in [0.717, 1.165) is 22.5 Å². The lowest BCUT2D eigenvalue weighted by Crippen LogP contribution is -2.33. The van der Waals surface area contributed by atoms with Crippen LogP contribution in [0.15, 0.2) is 42.6 Å². The van der Waals surface area contributed by atoms with E-state index < -0.39 is 0 Å². The van der Waals surface area contributed by atoms with Crippen molar-refractivity contribution >= 4 is 17.5 Å². The van der Waals surface area contributed by atoms with Gasteiger partial charge >= 0.3 is 6.03 Å². The van der Waals surface area contributed by atoms with E-state index in [-0.39, 0.29) is 6.03 Å². The van der Waals surface area contributed by atoms with Gasteiger partial charge in [-0.15, -0.1) is 10.2 Å². The normalized spacial score (nSPS) is 10.5. The number of nitrogens with one attached hydrogen (secondary N) is 3. The third-order valence-electron chi connectivity index (χ3n) is 3.95. The van der Waals surface area contributed by atoms with Crippen molar-refractivity contribution in [3.8, 4) is 5.82 Å². The van der Waals surface area contributed by atoms with Gasteiger partial charge in [-0.25, -0.2) is 9.48 Å². The maximum atomic E-state index is 12.0. The van der Waals surface area contributed by atoms with E-state index in [2.05, 4.69) is 31.2 Å². The first kappa shape index (κ1) is 18.4. The van der Waals surface area contributed by atoms with Crippen LogP contribution in [0.25, 0.3) is 5.82 Å². The predicted octanol–water partition coefficient (Wildman–Crippen LogP) is 2.82. The van der Waals surface area contributed by atoms with Crippen molar-refractivity contribution in [3.05, 3.63) is 59.4 Å². The molecule has 27 heavy (non-hydrogen) atoms. The molecule has 0 unspecified atom stereocenters. The van der Waals surface area contributed by atoms with Crippen molar-refractivity contribution in [1.29, 1.82) is 0 Å². The van der Waals surface area contributed by atoms with Crippen LogP contribution in [0.3, 0.4) is 0 Å². The molecular weight excluding hydrogens is 342 g/mol. The van der Waals surface area contributed by atoms with Gasteiger partial charge in [0, 0.05) is 25.0 Å². The van der Waals surface area contributed by atoms with E-state index in [4.69, 9.17) is 0 Å². The van der Waals surface area contributed by atoms with Crippen LogP contribution >= 0.6 is 0 Å². The van der Waals surface area contributed by atoms with Gasteiger partial charge in [0.1, 0.15) is 5.82 Å². The molecule has 0 atom stereocenters. The molecular formula is C19H23N7O. The number of aryl methyl sites for hydroxylation is 3. The van der Waals surface area contributed by atoms with Gasteiger partial charge in [-0.3, -0.25) is 0 Å². The fourth-order valence-corrected chi connectivity index (χ4v) is 2.57. The second-order valence-corrected chi connectivity index (χ2v) is 6.30. The van der Waals surface area contributed by atoms with Gasteiger partial charge in [0.2, 0.25) is 0 Å². The minimum atomic E-state index is -0.237. The summed E-state index contributed by atoms with van der Waals surface area (Å²) in [4.78, 5) is 12.0. The SMILES string of the molecule is Cc1ccc(NC(=O)NCCNc2ccc(-n3ccc(C)n3)nn2)c(C)c1. The standard InChI is InChI=1S/C19H23N7O/c1-13-4-5-16(14(2)12-13)22-19(27)21-10-9-20-17-6-7-18(24-23-17)26-11-8-15(3)25-26/h4-8,11-12H,9-10H2,1-3H3,(H,20,23)(H2,21,22,27). The first-order valence-electron chi connectivity index (χ1n) is 8.73. The Morgan fingerprint density at radius 1 is 1.04 bits per heavy atom. The van der Waals surface area contributed by atoms with Crippen LogP contribution in [0.5, 0.6) is 0 Å². The van der Waals surface area contributed by atoms with Crippen LogP contribution in [0.1, 0.15) is 16.8 Å². The van der Waals surface area contributed by atoms with Gasteiger partial charge in [0.15, 0.2) is 5.82 Å². The van der Waals surface area contributed by atoms with Gasteiger partial charge < -0.3 is 16.0 Å². The Morgan fingerprint density at radius 2 is 1.89 bits per heavy atom. The number of carbonyl (C=O) groups is 1. The van der Waals surface area contributed by atoms with Crippen molar-refractivity contribution < 1.29 is 4.79 Å². The van der Waals surface area contributed by atoms with Crippen LogP contribution in [0.4, 0.5) is 16.3 Å². The molecule has 2 aromatic heterocycles. The number of carbonyl (C=O) groups excluding carboxylic acids is 1. The number of amides is 2. The Balaban J connectivity index is 1.42. The quantitative estimate of drug-likeness (QED) is 0.584. The smallest absolute Gasteiger partial charge is 0.319 e. The zero-order valence-corrected chi connectivity index (χ0v) is 15.7. The summed E-state index contributed by atoms with van der Waals surface area (Å²) in [6.45, 7) is 6.90. The first-order chi connectivity index (χ1) is 13.0. The minimum Gasteiger partial charge on any atom is -0.367 e. The summed E-state index contributed by atoms with van der Waals surface area (Å²) in [6, 6.07) is 11.2. The number of aromatic nitrogens is 4. The first-order valence-corrected chi connectivity index (χ1v) is 8.73. The average Bonchev–Trinajstić information content (AvgIpc) is 3.08. The Kier molecular flexibility index (Phi) is 5.65. The Hall–Kier alpha value is -3.42. The molecule has 3 aromatic rings. The summed E-state index contributed by atoms with van der Waals surface area (Å²) in [5.74, 6) is 1.29. The molecule has 2 amide bonds. The second-order valence-electron chi connectivity index (χ2n) is 6.30. The van der Waals surface area contributed by atoms with E-state index in [9.17, 15) is 4.79 Å². The van der Waals surface area contributed by atoms with Gasteiger partial charge in [-0.2, -0.15) is 5.10 Å². The molecule has 0 bridgehead atoms. The number of benzene rings is 1. The van der Waals surface area contributed by atoms with E-state index >= 15 is 0 Å². The molecule has 0 fully saturated rings. The molecule has 8 heteroatoms. The lowest BCUT2D eigenvalue weighted by atomic mass is 10.1. The summed E-state index contributed by atoms with van der Waals surface area (Å²) in [5.41, 5.74) is 3.93. The van der Waals surface area contributed by atoms with Gasteiger partial charge in [-0.1, -0.05) is 17.7 Å². The summed E-state index contributed by atoms with van der Waals surface area (Å²) in [6.07, 6.45) is 1.84. The molecule has 0 spiro atoms. The Morgan fingerprint density at radius 3 is 2.56 bits per heavy atom. The molecule has 0 aliphatic heterocycles. The van der Waals surface area contributed by atoms with E-state index in [0.29, 0.717) is 24.7 Å². The van der Waals surface area contributed by atoms with E-state index in [1.165, 1.54) is 0 Å². The number of rotatable bonds is 6. The van der Waals surface area contributed by atoms with Crippen LogP contribution < -0.4 is 16.0 Å². The van der Waals surface area contributed by atoms with Crippen molar-refractivity contribution in [2.45, 2.75) is 20.8 Å². The lowest BCUT2D eigenvalue weighted by molar-refractivity contribution is 0.252. The van der Waals surface area contributed by atoms with Crippen LogP contribution in [0.2, 0.25) is 0 Å². The summed E-state index contributed by atoms with van der Waals surface area (Å²) >= 11 is 0. The second kappa shape index (κ2) is 8.31. The topological polar surface area (TPSA) is 96.8 Å².